The van der Waals surface area contributed by atoms with Crippen molar-refractivity contribution in [1.29, 1.82) is 0 Å². The molecule has 0 amide bonds. The Labute approximate surface area is 63.0 Å². The summed E-state index contributed by atoms with van der Waals surface area (Å²) in [5, 5.41) is 1.76. The number of rotatable bonds is 2. The maximum absolute atomic E-state index is 7.09. The second kappa shape index (κ2) is 3.03. The van der Waals surface area contributed by atoms with Gasteiger partial charge in [0, 0.05) is 28.5 Å². The van der Waals surface area contributed by atoms with Crippen LogP contribution < -0.4 is 5.32 Å². The van der Waals surface area contributed by atoms with Crippen molar-refractivity contribution in [1.82, 2.24) is 5.32 Å². The maximum Gasteiger partial charge on any atom is 0.0246 e. The third kappa shape index (κ3) is 5.96. The fourth-order valence-corrected chi connectivity index (χ4v) is 0.167. The standard InChI is InChI=1S/C6H15N/c1-5(2)7-6(3)4/h5-7H,1-4H3/i1D3,2D3,3D3,4D3. The zero-order chi connectivity index (χ0) is 15.9. The van der Waals surface area contributed by atoms with Crippen molar-refractivity contribution in [3.63, 3.8) is 0 Å². The molecule has 0 spiro atoms. The monoisotopic (exact) mass is 113 g/mol. The predicted molar refractivity (Wildman–Crippen MR) is 33.4 cm³/mol. The minimum Gasteiger partial charge on any atom is -0.312 e. The molecule has 0 rings (SSSR count). The molecule has 0 unspecified atom stereocenters. The average Bonchev–Trinajstić information content (AvgIpc) is 1.91. The van der Waals surface area contributed by atoms with Crippen LogP contribution in [0.2, 0.25) is 0 Å². The molecule has 1 N–H and O–H groups in total. The van der Waals surface area contributed by atoms with Crippen molar-refractivity contribution in [2.75, 3.05) is 0 Å². The highest BCUT2D eigenvalue weighted by molar-refractivity contribution is 4.55. The van der Waals surface area contributed by atoms with E-state index < -0.39 is 39.5 Å². The van der Waals surface area contributed by atoms with Crippen LogP contribution in [0, 0.1) is 0 Å². The average molecular weight is 113 g/mol. The summed E-state index contributed by atoms with van der Waals surface area (Å²) in [7, 11) is 0. The van der Waals surface area contributed by atoms with Gasteiger partial charge in [-0.2, -0.15) is 0 Å². The molecule has 0 radical (unpaired) electrons. The highest BCUT2D eigenvalue weighted by Gasteiger charge is 1.92. The molecule has 0 aliphatic rings. The van der Waals surface area contributed by atoms with Gasteiger partial charge in [-0.05, 0) is 0 Å². The van der Waals surface area contributed by atoms with E-state index in [1.165, 1.54) is 0 Å². The quantitative estimate of drug-likeness (QED) is 0.570. The molecule has 1 heteroatoms. The van der Waals surface area contributed by atoms with E-state index >= 15 is 0 Å². The van der Waals surface area contributed by atoms with Gasteiger partial charge in [0.2, 0.25) is 0 Å². The highest BCUT2D eigenvalue weighted by Crippen LogP contribution is 1.80. The van der Waals surface area contributed by atoms with Gasteiger partial charge in [0.05, 0.1) is 0 Å². The molecule has 0 aliphatic heterocycles. The van der Waals surface area contributed by atoms with Gasteiger partial charge in [0.15, 0.2) is 0 Å². The molecule has 0 bridgehead atoms. The summed E-state index contributed by atoms with van der Waals surface area (Å²) in [6.07, 6.45) is 0. The Kier molecular flexibility index (Phi) is 0.331. The molecule has 0 saturated heterocycles. The lowest BCUT2D eigenvalue weighted by Gasteiger charge is -2.10. The summed E-state index contributed by atoms with van der Waals surface area (Å²) in [5.41, 5.74) is 0. The molecule has 1 nitrogen and oxygen atoms in total. The third-order valence-electron chi connectivity index (χ3n) is 0.333. The van der Waals surface area contributed by atoms with Crippen molar-refractivity contribution in [2.24, 2.45) is 0 Å². The maximum atomic E-state index is 7.09. The first-order valence-corrected chi connectivity index (χ1v) is 1.73. The van der Waals surface area contributed by atoms with Crippen molar-refractivity contribution in [3.05, 3.63) is 0 Å². The number of hydrogen-bond acceptors (Lipinski definition) is 1. The fraction of sp³-hybridized carbons (Fsp3) is 1.00. The fourth-order valence-electron chi connectivity index (χ4n) is 0.167. The van der Waals surface area contributed by atoms with Crippen LogP contribution in [-0.4, -0.2) is 12.1 Å². The van der Waals surface area contributed by atoms with E-state index in [0.717, 1.165) is 0 Å². The Balaban J connectivity index is 5.43. The molecule has 0 atom stereocenters. The molecule has 0 aliphatic carbocycles. The van der Waals surface area contributed by atoms with Crippen molar-refractivity contribution in [2.45, 2.75) is 39.5 Å². The largest absolute Gasteiger partial charge is 0.312 e. The minimum atomic E-state index is -3.06. The first kappa shape index (κ1) is 0.766. The molecular weight excluding hydrogens is 86.1 g/mol. The van der Waals surface area contributed by atoms with Crippen LogP contribution in [0.4, 0.5) is 0 Å². The van der Waals surface area contributed by atoms with E-state index in [0.29, 0.717) is 0 Å². The van der Waals surface area contributed by atoms with Gasteiger partial charge in [0.25, 0.3) is 0 Å². The number of hydrogen-bond donors (Lipinski definition) is 1. The normalized spacial score (nSPS) is 43.7. The van der Waals surface area contributed by atoms with Crippen LogP contribution in [0.1, 0.15) is 43.9 Å². The first-order chi connectivity index (χ1) is 7.97. The Morgan fingerprint density at radius 3 is 1.86 bits per heavy atom. The number of nitrogens with one attached hydrogen (secondary N) is 1. The minimum absolute atomic E-state index is 1.76. The Hall–Kier alpha value is -0.0400. The Bertz CT molecular complexity index is 233. The van der Waals surface area contributed by atoms with E-state index in [4.69, 9.17) is 16.4 Å². The lowest BCUT2D eigenvalue weighted by atomic mass is 10.3. The van der Waals surface area contributed by atoms with Crippen LogP contribution in [0.25, 0.3) is 0 Å². The predicted octanol–water partition coefficient (Wildman–Crippen LogP) is 1.39. The highest BCUT2D eigenvalue weighted by atomic mass is 14.9. The molecule has 0 aromatic rings. The van der Waals surface area contributed by atoms with E-state index in [1.807, 2.05) is 0 Å². The van der Waals surface area contributed by atoms with Crippen LogP contribution in [0.15, 0.2) is 0 Å². The summed E-state index contributed by atoms with van der Waals surface area (Å²) in [6.45, 7) is -12.2. The summed E-state index contributed by atoms with van der Waals surface area (Å²) < 4.78 is 85.1. The summed E-state index contributed by atoms with van der Waals surface area (Å²) >= 11 is 0. The van der Waals surface area contributed by atoms with Crippen LogP contribution in [-0.2, 0) is 0 Å². The summed E-state index contributed by atoms with van der Waals surface area (Å²) in [6, 6.07) is -4.46. The molecule has 0 saturated carbocycles. The van der Waals surface area contributed by atoms with E-state index in [1.54, 1.807) is 5.32 Å². The summed E-state index contributed by atoms with van der Waals surface area (Å²) in [5.74, 6) is 0. The second-order valence-corrected chi connectivity index (χ2v) is 1.03. The van der Waals surface area contributed by atoms with Gasteiger partial charge in [-0.1, -0.05) is 27.4 Å². The van der Waals surface area contributed by atoms with Gasteiger partial charge in [-0.3, -0.25) is 0 Å². The zero-order valence-corrected chi connectivity index (χ0v) is 3.65. The van der Waals surface area contributed by atoms with E-state index in [2.05, 4.69) is 0 Å². The molecule has 7 heavy (non-hydrogen) atoms. The van der Waals surface area contributed by atoms with Gasteiger partial charge >= 0.3 is 0 Å². The van der Waals surface area contributed by atoms with Crippen molar-refractivity contribution < 1.29 is 16.4 Å². The van der Waals surface area contributed by atoms with Crippen LogP contribution >= 0.6 is 0 Å². The smallest absolute Gasteiger partial charge is 0.0246 e. The lowest BCUT2D eigenvalue weighted by Crippen LogP contribution is -2.29. The van der Waals surface area contributed by atoms with Gasteiger partial charge in [-0.25, -0.2) is 0 Å². The molecule has 0 heterocycles. The third-order valence-corrected chi connectivity index (χ3v) is 0.333. The topological polar surface area (TPSA) is 12.0 Å². The van der Waals surface area contributed by atoms with Crippen molar-refractivity contribution in [3.8, 4) is 0 Å². The van der Waals surface area contributed by atoms with Gasteiger partial charge in [-0.15, -0.1) is 0 Å². The zero-order valence-electron chi connectivity index (χ0n) is 15.7. The second-order valence-electron chi connectivity index (χ2n) is 1.03. The first-order valence-electron chi connectivity index (χ1n) is 7.73. The SMILES string of the molecule is [2H]C([2H])([2H])C(NC(C([2H])([2H])[2H])C([2H])([2H])[2H])C([2H])([2H])[2H]. The molecule has 0 fully saturated rings. The molecule has 0 aromatic carbocycles. The Morgan fingerprint density at radius 1 is 1.14 bits per heavy atom. The molecule has 44 valence electrons. The molecular formula is C6H15N. The Morgan fingerprint density at radius 2 is 1.57 bits per heavy atom. The van der Waals surface area contributed by atoms with Gasteiger partial charge in [0.1, 0.15) is 0 Å². The van der Waals surface area contributed by atoms with E-state index in [-0.39, 0.29) is 0 Å². The molecule has 0 aromatic heterocycles. The van der Waals surface area contributed by atoms with Crippen LogP contribution in [0.5, 0.6) is 0 Å². The van der Waals surface area contributed by atoms with Crippen LogP contribution in [0.3, 0.4) is 0 Å². The van der Waals surface area contributed by atoms with Gasteiger partial charge < -0.3 is 5.32 Å². The summed E-state index contributed by atoms with van der Waals surface area (Å²) in [4.78, 5) is 0. The van der Waals surface area contributed by atoms with Crippen molar-refractivity contribution >= 4 is 0 Å². The lowest BCUT2D eigenvalue weighted by molar-refractivity contribution is 0.518. The van der Waals surface area contributed by atoms with E-state index in [9.17, 15) is 0 Å².